The first-order valence-corrected chi connectivity index (χ1v) is 10.2. The van der Waals surface area contributed by atoms with Crippen LogP contribution in [0.4, 0.5) is 0 Å². The molecule has 0 radical (unpaired) electrons. The van der Waals surface area contributed by atoms with Crippen LogP contribution in [0.15, 0.2) is 29.2 Å². The molecule has 0 bridgehead atoms. The molecule has 1 aliphatic rings. The second-order valence-corrected chi connectivity index (χ2v) is 8.90. The Balaban J connectivity index is 1.89. The van der Waals surface area contributed by atoms with Crippen LogP contribution in [0.5, 0.6) is 5.75 Å². The average Bonchev–Trinajstić information content (AvgIpc) is 3.32. The number of nitrogens with zero attached hydrogens (tertiary/aromatic N) is 2. The minimum absolute atomic E-state index is 0.0486. The molecule has 8 nitrogen and oxygen atoms in total. The maximum absolute atomic E-state index is 12.6. The van der Waals surface area contributed by atoms with Gasteiger partial charge in [0.25, 0.3) is 5.91 Å². The summed E-state index contributed by atoms with van der Waals surface area (Å²) >= 11 is 0. The Morgan fingerprint density at radius 1 is 1.26 bits per heavy atom. The highest BCUT2D eigenvalue weighted by Crippen LogP contribution is 2.30. The molecule has 1 aromatic carbocycles. The number of sulfonamides is 1. The maximum Gasteiger partial charge on any atom is 0.269 e. The summed E-state index contributed by atoms with van der Waals surface area (Å²) in [5, 5.41) is 9.90. The van der Waals surface area contributed by atoms with Crippen molar-refractivity contribution in [3.63, 3.8) is 0 Å². The van der Waals surface area contributed by atoms with Gasteiger partial charge in [-0.3, -0.25) is 9.89 Å². The molecule has 1 saturated carbocycles. The Morgan fingerprint density at radius 3 is 2.59 bits per heavy atom. The highest BCUT2D eigenvalue weighted by molar-refractivity contribution is 7.89. The number of rotatable bonds is 6. The van der Waals surface area contributed by atoms with Crippen LogP contribution in [0.2, 0.25) is 0 Å². The van der Waals surface area contributed by atoms with Gasteiger partial charge in [-0.05, 0) is 37.1 Å². The molecule has 0 unspecified atom stereocenters. The van der Waals surface area contributed by atoms with Crippen LogP contribution in [-0.2, 0) is 10.0 Å². The highest BCUT2D eigenvalue weighted by Gasteiger charge is 2.24. The normalized spacial score (nSPS) is 15.3. The average molecular weight is 392 g/mol. The number of ether oxygens (including phenoxy) is 1. The number of benzene rings is 1. The number of nitrogens with one attached hydrogen (secondary N) is 2. The zero-order valence-corrected chi connectivity index (χ0v) is 16.5. The van der Waals surface area contributed by atoms with E-state index in [9.17, 15) is 13.2 Å². The van der Waals surface area contributed by atoms with Crippen molar-refractivity contribution < 1.29 is 17.9 Å². The molecule has 0 atom stereocenters. The largest absolute Gasteiger partial charge is 0.495 e. The third kappa shape index (κ3) is 3.98. The Hall–Kier alpha value is -2.39. The number of H-pyrrole nitrogens is 1. The van der Waals surface area contributed by atoms with Crippen LogP contribution in [0.25, 0.3) is 11.3 Å². The topological polar surface area (TPSA) is 104 Å². The third-order valence-electron chi connectivity index (χ3n) is 4.73. The molecule has 1 aliphatic carbocycles. The van der Waals surface area contributed by atoms with Gasteiger partial charge >= 0.3 is 0 Å². The Labute approximate surface area is 159 Å². The molecule has 1 heterocycles. The zero-order chi connectivity index (χ0) is 19.6. The van der Waals surface area contributed by atoms with Crippen LogP contribution in [-0.4, -0.2) is 56.1 Å². The van der Waals surface area contributed by atoms with Crippen molar-refractivity contribution in [2.75, 3.05) is 21.2 Å². The van der Waals surface area contributed by atoms with Gasteiger partial charge in [0.05, 0.1) is 12.8 Å². The summed E-state index contributed by atoms with van der Waals surface area (Å²) in [6.07, 6.45) is 4.26. The molecule has 27 heavy (non-hydrogen) atoms. The van der Waals surface area contributed by atoms with E-state index in [1.807, 2.05) is 0 Å². The summed E-state index contributed by atoms with van der Waals surface area (Å²) in [5.41, 5.74) is 1.42. The van der Waals surface area contributed by atoms with Crippen molar-refractivity contribution in [2.45, 2.75) is 36.6 Å². The molecular formula is C18H24N4O4S. The fourth-order valence-electron chi connectivity index (χ4n) is 3.15. The van der Waals surface area contributed by atoms with Crippen molar-refractivity contribution in [2.24, 2.45) is 0 Å². The standard InChI is InChI=1S/C18H24N4O4S/c1-22(2)27(24,25)17-10-12(8-9-16(17)26-3)14-11-15(21-20-14)18(23)19-13-6-4-5-7-13/h8-11,13H,4-7H2,1-3H3,(H,19,23)(H,20,21). The quantitative estimate of drug-likeness (QED) is 0.782. The summed E-state index contributed by atoms with van der Waals surface area (Å²) in [5.74, 6) is 0.0532. The van der Waals surface area contributed by atoms with Gasteiger partial charge in [0.15, 0.2) is 0 Å². The minimum atomic E-state index is -3.68. The van der Waals surface area contributed by atoms with E-state index < -0.39 is 10.0 Å². The van der Waals surface area contributed by atoms with E-state index in [2.05, 4.69) is 15.5 Å². The number of amides is 1. The van der Waals surface area contributed by atoms with E-state index in [0.29, 0.717) is 17.0 Å². The van der Waals surface area contributed by atoms with Crippen molar-refractivity contribution in [1.82, 2.24) is 19.8 Å². The lowest BCUT2D eigenvalue weighted by Crippen LogP contribution is -2.32. The number of aromatic nitrogens is 2. The SMILES string of the molecule is COc1ccc(-c2cc(C(=O)NC3CCCC3)[nH]n2)cc1S(=O)(=O)N(C)C. The van der Waals surface area contributed by atoms with Crippen LogP contribution in [0, 0.1) is 0 Å². The summed E-state index contributed by atoms with van der Waals surface area (Å²) in [7, 11) is 0.656. The summed E-state index contributed by atoms with van der Waals surface area (Å²) in [4.78, 5) is 12.4. The van der Waals surface area contributed by atoms with Crippen molar-refractivity contribution in [3.8, 4) is 17.0 Å². The second kappa shape index (κ2) is 7.69. The van der Waals surface area contributed by atoms with Gasteiger partial charge in [-0.15, -0.1) is 0 Å². The minimum Gasteiger partial charge on any atom is -0.495 e. The molecule has 2 N–H and O–H groups in total. The molecular weight excluding hydrogens is 368 g/mol. The van der Waals surface area contributed by atoms with E-state index in [1.165, 1.54) is 27.3 Å². The van der Waals surface area contributed by atoms with E-state index in [4.69, 9.17) is 4.74 Å². The molecule has 1 amide bonds. The lowest BCUT2D eigenvalue weighted by Gasteiger charge is -2.15. The summed E-state index contributed by atoms with van der Waals surface area (Å²) in [6, 6.07) is 6.63. The van der Waals surface area contributed by atoms with Gasteiger partial charge in [0.2, 0.25) is 10.0 Å². The fourth-order valence-corrected chi connectivity index (χ4v) is 4.23. The first-order valence-electron chi connectivity index (χ1n) is 8.80. The van der Waals surface area contributed by atoms with E-state index in [1.54, 1.807) is 18.2 Å². The third-order valence-corrected chi connectivity index (χ3v) is 6.57. The van der Waals surface area contributed by atoms with Gasteiger partial charge in [0, 0.05) is 25.7 Å². The monoisotopic (exact) mass is 392 g/mol. The van der Waals surface area contributed by atoms with Gasteiger partial charge < -0.3 is 10.1 Å². The molecule has 1 aromatic heterocycles. The van der Waals surface area contributed by atoms with Crippen molar-refractivity contribution in [3.05, 3.63) is 30.0 Å². The number of carbonyl (C=O) groups excluding carboxylic acids is 1. The first-order chi connectivity index (χ1) is 12.8. The smallest absolute Gasteiger partial charge is 0.269 e. The van der Waals surface area contributed by atoms with Crippen LogP contribution >= 0.6 is 0 Å². The number of methoxy groups -OCH3 is 1. The molecule has 0 spiro atoms. The second-order valence-electron chi connectivity index (χ2n) is 6.77. The molecule has 9 heteroatoms. The van der Waals surface area contributed by atoms with Gasteiger partial charge in [0.1, 0.15) is 16.3 Å². The Kier molecular flexibility index (Phi) is 5.52. The number of hydrogen-bond acceptors (Lipinski definition) is 5. The lowest BCUT2D eigenvalue weighted by molar-refractivity contribution is 0.0933. The van der Waals surface area contributed by atoms with Gasteiger partial charge in [-0.1, -0.05) is 12.8 Å². The van der Waals surface area contributed by atoms with Crippen LogP contribution < -0.4 is 10.1 Å². The first kappa shape index (κ1) is 19.4. The van der Waals surface area contributed by atoms with Gasteiger partial charge in [-0.25, -0.2) is 12.7 Å². The maximum atomic E-state index is 12.6. The number of hydrogen-bond donors (Lipinski definition) is 2. The van der Waals surface area contributed by atoms with E-state index >= 15 is 0 Å². The summed E-state index contributed by atoms with van der Waals surface area (Å²) < 4.78 is 31.4. The van der Waals surface area contributed by atoms with Crippen molar-refractivity contribution in [1.29, 1.82) is 0 Å². The Morgan fingerprint density at radius 2 is 1.96 bits per heavy atom. The Bertz CT molecular complexity index is 931. The van der Waals surface area contributed by atoms with Crippen LogP contribution in [0.1, 0.15) is 36.2 Å². The molecule has 1 fully saturated rings. The number of carbonyl (C=O) groups is 1. The highest BCUT2D eigenvalue weighted by atomic mass is 32.2. The lowest BCUT2D eigenvalue weighted by atomic mass is 10.1. The summed E-state index contributed by atoms with van der Waals surface area (Å²) in [6.45, 7) is 0. The molecule has 0 aliphatic heterocycles. The molecule has 3 rings (SSSR count). The van der Waals surface area contributed by atoms with Crippen LogP contribution in [0.3, 0.4) is 0 Å². The van der Waals surface area contributed by atoms with E-state index in [0.717, 1.165) is 30.0 Å². The fraction of sp³-hybridized carbons (Fsp3) is 0.444. The van der Waals surface area contributed by atoms with Crippen molar-refractivity contribution >= 4 is 15.9 Å². The number of aromatic amines is 1. The zero-order valence-electron chi connectivity index (χ0n) is 15.7. The molecule has 2 aromatic rings. The van der Waals surface area contributed by atoms with E-state index in [-0.39, 0.29) is 22.6 Å². The molecule has 146 valence electrons. The van der Waals surface area contributed by atoms with Gasteiger partial charge in [-0.2, -0.15) is 5.10 Å². The predicted octanol–water partition coefficient (Wildman–Crippen LogP) is 2.01. The molecule has 0 saturated heterocycles. The predicted molar refractivity (Wildman–Crippen MR) is 101 cm³/mol.